The molecule has 1 aromatic carbocycles. The largest absolute Gasteiger partial charge is 0.352 e. The lowest BCUT2D eigenvalue weighted by Crippen LogP contribution is -2.48. The highest BCUT2D eigenvalue weighted by Gasteiger charge is 2.21. The van der Waals surface area contributed by atoms with Gasteiger partial charge in [0.25, 0.3) is 0 Å². The van der Waals surface area contributed by atoms with Crippen LogP contribution in [0.4, 0.5) is 10.2 Å². The lowest BCUT2D eigenvalue weighted by molar-refractivity contribution is -0.126. The van der Waals surface area contributed by atoms with E-state index in [2.05, 4.69) is 20.2 Å². The summed E-state index contributed by atoms with van der Waals surface area (Å²) in [6.07, 6.45) is 6.44. The normalized spacial score (nSPS) is 14.6. The Hall–Kier alpha value is -3.55. The fourth-order valence-corrected chi connectivity index (χ4v) is 3.05. The van der Waals surface area contributed by atoms with E-state index >= 15 is 0 Å². The number of carbonyl (C=O) groups excluding carboxylic acids is 1. The summed E-state index contributed by atoms with van der Waals surface area (Å²) in [4.78, 5) is 16.2. The van der Waals surface area contributed by atoms with Crippen LogP contribution in [0.15, 0.2) is 60.9 Å². The molecule has 2 aromatic heterocycles. The Kier molecular flexibility index (Phi) is 5.09. The zero-order valence-corrected chi connectivity index (χ0v) is 15.1. The van der Waals surface area contributed by atoms with Crippen LogP contribution in [-0.4, -0.2) is 57.0 Å². The summed E-state index contributed by atoms with van der Waals surface area (Å²) in [6, 6.07) is 12.0. The second kappa shape index (κ2) is 7.99. The maximum atomic E-state index is 13.6. The number of rotatable bonds is 4. The molecular weight excluding hydrogens is 359 g/mol. The Morgan fingerprint density at radius 2 is 1.71 bits per heavy atom. The van der Waals surface area contributed by atoms with E-state index in [4.69, 9.17) is 0 Å². The Labute approximate surface area is 161 Å². The molecule has 3 heterocycles. The second-order valence-corrected chi connectivity index (χ2v) is 6.37. The van der Waals surface area contributed by atoms with Gasteiger partial charge in [0.15, 0.2) is 11.6 Å². The van der Waals surface area contributed by atoms with Crippen LogP contribution >= 0.6 is 0 Å². The third-order valence-electron chi connectivity index (χ3n) is 4.60. The first-order chi connectivity index (χ1) is 13.7. The zero-order valence-electron chi connectivity index (χ0n) is 15.1. The molecule has 0 radical (unpaired) electrons. The highest BCUT2D eigenvalue weighted by molar-refractivity contribution is 5.92. The molecule has 1 aliphatic heterocycles. The Morgan fingerprint density at radius 1 is 0.964 bits per heavy atom. The number of amides is 1. The molecular formula is C20H19FN6O. The summed E-state index contributed by atoms with van der Waals surface area (Å²) in [7, 11) is 0. The molecule has 1 fully saturated rings. The number of hydrogen-bond donors (Lipinski definition) is 0. The van der Waals surface area contributed by atoms with E-state index in [-0.39, 0.29) is 11.7 Å². The molecule has 0 unspecified atom stereocenters. The molecule has 28 heavy (non-hydrogen) atoms. The maximum absolute atomic E-state index is 13.6. The van der Waals surface area contributed by atoms with E-state index < -0.39 is 0 Å². The van der Waals surface area contributed by atoms with E-state index in [1.165, 1.54) is 18.2 Å². The van der Waals surface area contributed by atoms with Crippen LogP contribution in [0.25, 0.3) is 11.9 Å². The van der Waals surface area contributed by atoms with E-state index in [9.17, 15) is 9.18 Å². The summed E-state index contributed by atoms with van der Waals surface area (Å²) in [5.41, 5.74) is 0.405. The molecule has 1 amide bonds. The topological polar surface area (TPSA) is 67.2 Å². The van der Waals surface area contributed by atoms with Gasteiger partial charge in [-0.15, -0.1) is 10.2 Å². The zero-order chi connectivity index (χ0) is 19.3. The summed E-state index contributed by atoms with van der Waals surface area (Å²) < 4.78 is 15.3. The molecule has 1 saturated heterocycles. The fourth-order valence-electron chi connectivity index (χ4n) is 3.05. The van der Waals surface area contributed by atoms with Crippen LogP contribution in [-0.2, 0) is 4.79 Å². The molecule has 0 N–H and O–H groups in total. The Morgan fingerprint density at radius 3 is 2.39 bits per heavy atom. The van der Waals surface area contributed by atoms with Crippen molar-refractivity contribution >= 4 is 17.8 Å². The second-order valence-electron chi connectivity index (χ2n) is 6.37. The third-order valence-corrected chi connectivity index (χ3v) is 4.60. The SMILES string of the molecule is O=C(/C=C/c1ccccc1F)N1CCN(c2ccc(-n3cccn3)nn2)CC1. The molecule has 0 aliphatic carbocycles. The van der Waals surface area contributed by atoms with Crippen molar-refractivity contribution in [1.82, 2.24) is 24.9 Å². The Balaban J connectivity index is 1.34. The van der Waals surface area contributed by atoms with Crippen LogP contribution < -0.4 is 4.90 Å². The number of piperazine rings is 1. The van der Waals surface area contributed by atoms with Gasteiger partial charge < -0.3 is 9.80 Å². The summed E-state index contributed by atoms with van der Waals surface area (Å²) in [6.45, 7) is 2.47. The van der Waals surface area contributed by atoms with Gasteiger partial charge in [-0.1, -0.05) is 18.2 Å². The standard InChI is InChI=1S/C20H19FN6O/c21-17-5-2-1-4-16(17)6-9-20(28)26-14-12-25(13-15-26)18-7-8-19(24-23-18)27-11-3-10-22-27/h1-11H,12-15H2/b9-6+. The van der Waals surface area contributed by atoms with Gasteiger partial charge in [0.2, 0.25) is 5.91 Å². The summed E-state index contributed by atoms with van der Waals surface area (Å²) >= 11 is 0. The Bertz CT molecular complexity index is 963. The average molecular weight is 378 g/mol. The van der Waals surface area contributed by atoms with E-state index in [1.807, 2.05) is 24.4 Å². The first-order valence-electron chi connectivity index (χ1n) is 9.01. The molecule has 3 aromatic rings. The smallest absolute Gasteiger partial charge is 0.246 e. The van der Waals surface area contributed by atoms with Crippen molar-refractivity contribution in [2.45, 2.75) is 0 Å². The van der Waals surface area contributed by atoms with Crippen molar-refractivity contribution in [1.29, 1.82) is 0 Å². The molecule has 0 saturated carbocycles. The van der Waals surface area contributed by atoms with E-state index in [0.29, 0.717) is 37.6 Å². The monoisotopic (exact) mass is 378 g/mol. The summed E-state index contributed by atoms with van der Waals surface area (Å²) in [5, 5.41) is 12.6. The number of aromatic nitrogens is 4. The third kappa shape index (κ3) is 3.90. The van der Waals surface area contributed by atoms with Crippen LogP contribution in [0, 0.1) is 5.82 Å². The van der Waals surface area contributed by atoms with Gasteiger partial charge >= 0.3 is 0 Å². The molecule has 0 bridgehead atoms. The van der Waals surface area contributed by atoms with Gasteiger partial charge in [0, 0.05) is 50.2 Å². The number of halogens is 1. The van der Waals surface area contributed by atoms with Crippen molar-refractivity contribution in [3.8, 4) is 5.82 Å². The summed E-state index contributed by atoms with van der Waals surface area (Å²) in [5.74, 6) is 0.960. The number of hydrogen-bond acceptors (Lipinski definition) is 5. The first-order valence-corrected chi connectivity index (χ1v) is 9.01. The highest BCUT2D eigenvalue weighted by Crippen LogP contribution is 2.15. The lowest BCUT2D eigenvalue weighted by atomic mass is 10.2. The van der Waals surface area contributed by atoms with Crippen molar-refractivity contribution in [3.05, 3.63) is 72.3 Å². The van der Waals surface area contributed by atoms with Crippen LogP contribution in [0.5, 0.6) is 0 Å². The van der Waals surface area contributed by atoms with Gasteiger partial charge in [-0.05, 0) is 30.3 Å². The lowest BCUT2D eigenvalue weighted by Gasteiger charge is -2.34. The fraction of sp³-hybridized carbons (Fsp3) is 0.200. The average Bonchev–Trinajstić information content (AvgIpc) is 3.28. The minimum atomic E-state index is -0.339. The maximum Gasteiger partial charge on any atom is 0.246 e. The van der Waals surface area contributed by atoms with Gasteiger partial charge in [-0.25, -0.2) is 9.07 Å². The minimum Gasteiger partial charge on any atom is -0.352 e. The molecule has 4 rings (SSSR count). The van der Waals surface area contributed by atoms with Gasteiger partial charge in [-0.3, -0.25) is 4.79 Å². The molecule has 0 atom stereocenters. The molecule has 1 aliphatic rings. The predicted octanol–water partition coefficient (Wildman–Crippen LogP) is 2.16. The van der Waals surface area contributed by atoms with Gasteiger partial charge in [-0.2, -0.15) is 5.10 Å². The van der Waals surface area contributed by atoms with Crippen molar-refractivity contribution in [2.24, 2.45) is 0 Å². The van der Waals surface area contributed by atoms with E-state index in [1.54, 1.807) is 34.0 Å². The molecule has 8 heteroatoms. The van der Waals surface area contributed by atoms with Crippen molar-refractivity contribution < 1.29 is 9.18 Å². The molecule has 142 valence electrons. The first kappa shape index (κ1) is 17.8. The molecule has 0 spiro atoms. The van der Waals surface area contributed by atoms with Gasteiger partial charge in [0.05, 0.1) is 0 Å². The predicted molar refractivity (Wildman–Crippen MR) is 103 cm³/mol. The molecule has 7 nitrogen and oxygen atoms in total. The van der Waals surface area contributed by atoms with Crippen molar-refractivity contribution in [3.63, 3.8) is 0 Å². The van der Waals surface area contributed by atoms with E-state index in [0.717, 1.165) is 5.82 Å². The number of benzene rings is 1. The number of anilines is 1. The van der Waals surface area contributed by atoms with Crippen LogP contribution in [0.3, 0.4) is 0 Å². The number of nitrogens with zero attached hydrogens (tertiary/aromatic N) is 6. The van der Waals surface area contributed by atoms with Crippen LogP contribution in [0.1, 0.15) is 5.56 Å². The quantitative estimate of drug-likeness (QED) is 0.651. The van der Waals surface area contributed by atoms with Crippen molar-refractivity contribution in [2.75, 3.05) is 31.1 Å². The number of carbonyl (C=O) groups is 1. The minimum absolute atomic E-state index is 0.122. The van der Waals surface area contributed by atoms with Gasteiger partial charge in [0.1, 0.15) is 5.82 Å². The van der Waals surface area contributed by atoms with Crippen LogP contribution in [0.2, 0.25) is 0 Å². The highest BCUT2D eigenvalue weighted by atomic mass is 19.1.